The Hall–Kier alpha value is 0.310. The van der Waals surface area contributed by atoms with E-state index in [9.17, 15) is 0 Å². The second-order valence-electron chi connectivity index (χ2n) is 10.8. The number of hydrogen-bond acceptors (Lipinski definition) is 2. The Morgan fingerprint density at radius 2 is 0.933 bits per heavy atom. The number of hydrogen-bond donors (Lipinski definition) is 0. The van der Waals surface area contributed by atoms with Crippen LogP contribution in [0.15, 0.2) is 0 Å². The highest BCUT2D eigenvalue weighted by Crippen LogP contribution is 2.46. The summed E-state index contributed by atoms with van der Waals surface area (Å²) in [5.41, 5.74) is 0. The molecule has 4 unspecified atom stereocenters. The summed E-state index contributed by atoms with van der Waals surface area (Å²) >= 11 is 2.42. The standard InChI is InChI=1S/C28H53NS/c1-2-3-4-5-6-7-8-9-10-11-12-13-14-19-24-29-25-20-15-17-22-27(25)30-28-23-18-16-21-26(28)29/h25-28H,2-24H2,1H3. The molecule has 0 radical (unpaired) electrons. The van der Waals surface area contributed by atoms with Crippen molar-refractivity contribution in [1.82, 2.24) is 4.90 Å². The van der Waals surface area contributed by atoms with Crippen molar-refractivity contribution in [1.29, 1.82) is 0 Å². The van der Waals surface area contributed by atoms with Gasteiger partial charge in [0, 0.05) is 22.6 Å². The normalized spacial score (nSPS) is 29.5. The molecule has 4 atom stereocenters. The molecular formula is C28H53NS. The zero-order valence-electron chi connectivity index (χ0n) is 20.4. The highest BCUT2D eigenvalue weighted by atomic mass is 32.2. The molecule has 1 saturated heterocycles. The number of rotatable bonds is 15. The molecule has 1 nitrogen and oxygen atoms in total. The van der Waals surface area contributed by atoms with Gasteiger partial charge in [0.1, 0.15) is 0 Å². The van der Waals surface area contributed by atoms with Crippen LogP contribution < -0.4 is 0 Å². The lowest BCUT2D eigenvalue weighted by atomic mass is 9.87. The number of unbranched alkanes of at least 4 members (excludes halogenated alkanes) is 13. The van der Waals surface area contributed by atoms with Crippen LogP contribution in [0.4, 0.5) is 0 Å². The van der Waals surface area contributed by atoms with Crippen molar-refractivity contribution in [2.45, 2.75) is 171 Å². The van der Waals surface area contributed by atoms with Crippen molar-refractivity contribution in [3.05, 3.63) is 0 Å². The van der Waals surface area contributed by atoms with E-state index in [1.54, 1.807) is 0 Å². The Kier molecular flexibility index (Phi) is 12.6. The first-order chi connectivity index (χ1) is 14.9. The number of nitrogens with zero attached hydrogens (tertiary/aromatic N) is 1. The molecule has 30 heavy (non-hydrogen) atoms. The van der Waals surface area contributed by atoms with Crippen LogP contribution in [-0.4, -0.2) is 34.0 Å². The van der Waals surface area contributed by atoms with E-state index < -0.39 is 0 Å². The molecular weight excluding hydrogens is 382 g/mol. The third-order valence-corrected chi connectivity index (χ3v) is 10.1. The predicted molar refractivity (Wildman–Crippen MR) is 137 cm³/mol. The quantitative estimate of drug-likeness (QED) is 0.236. The van der Waals surface area contributed by atoms with Gasteiger partial charge in [0.05, 0.1) is 0 Å². The van der Waals surface area contributed by atoms with E-state index >= 15 is 0 Å². The van der Waals surface area contributed by atoms with Crippen LogP contribution >= 0.6 is 11.8 Å². The largest absolute Gasteiger partial charge is 0.295 e. The van der Waals surface area contributed by atoms with Crippen molar-refractivity contribution in [2.75, 3.05) is 6.54 Å². The minimum Gasteiger partial charge on any atom is -0.295 e. The van der Waals surface area contributed by atoms with Crippen molar-refractivity contribution in [3.8, 4) is 0 Å². The molecule has 3 aliphatic rings. The molecule has 3 fully saturated rings. The van der Waals surface area contributed by atoms with Gasteiger partial charge in [0.25, 0.3) is 0 Å². The molecule has 0 aromatic heterocycles. The molecule has 0 N–H and O–H groups in total. The van der Waals surface area contributed by atoms with Crippen LogP contribution in [0, 0.1) is 0 Å². The van der Waals surface area contributed by atoms with Gasteiger partial charge in [-0.15, -0.1) is 0 Å². The third-order valence-electron chi connectivity index (χ3n) is 8.31. The first-order valence-corrected chi connectivity index (χ1v) is 15.3. The first-order valence-electron chi connectivity index (χ1n) is 14.3. The Bertz CT molecular complexity index is 403. The fraction of sp³-hybridized carbons (Fsp3) is 1.00. The molecule has 0 amide bonds. The summed E-state index contributed by atoms with van der Waals surface area (Å²) in [5.74, 6) is 0. The van der Waals surface area contributed by atoms with Gasteiger partial charge in [-0.2, -0.15) is 11.8 Å². The van der Waals surface area contributed by atoms with Crippen LogP contribution in [0.1, 0.15) is 148 Å². The lowest BCUT2D eigenvalue weighted by Crippen LogP contribution is -2.58. The highest BCUT2D eigenvalue weighted by molar-refractivity contribution is 8.00. The molecule has 2 saturated carbocycles. The minimum atomic E-state index is 0.935. The topological polar surface area (TPSA) is 3.24 Å². The maximum absolute atomic E-state index is 3.06. The van der Waals surface area contributed by atoms with Crippen LogP contribution in [0.5, 0.6) is 0 Å². The average molecular weight is 436 g/mol. The third kappa shape index (κ3) is 8.34. The van der Waals surface area contributed by atoms with Crippen molar-refractivity contribution in [2.24, 2.45) is 0 Å². The Labute approximate surface area is 193 Å². The lowest BCUT2D eigenvalue weighted by Gasteiger charge is -2.53. The lowest BCUT2D eigenvalue weighted by molar-refractivity contribution is 0.0754. The van der Waals surface area contributed by atoms with Gasteiger partial charge in [0.2, 0.25) is 0 Å². The molecule has 2 aliphatic carbocycles. The molecule has 0 aromatic rings. The van der Waals surface area contributed by atoms with Gasteiger partial charge < -0.3 is 0 Å². The van der Waals surface area contributed by atoms with Crippen molar-refractivity contribution >= 4 is 11.8 Å². The maximum Gasteiger partial charge on any atom is 0.0218 e. The zero-order valence-corrected chi connectivity index (χ0v) is 21.2. The van der Waals surface area contributed by atoms with Gasteiger partial charge in [-0.3, -0.25) is 4.90 Å². The molecule has 176 valence electrons. The van der Waals surface area contributed by atoms with Gasteiger partial charge in [-0.1, -0.05) is 116 Å². The summed E-state index contributed by atoms with van der Waals surface area (Å²) in [5, 5.41) is 1.95. The number of thioether (sulfide) groups is 1. The minimum absolute atomic E-state index is 0.935. The molecule has 1 aliphatic heterocycles. The summed E-state index contributed by atoms with van der Waals surface area (Å²) in [4.78, 5) is 3.06. The van der Waals surface area contributed by atoms with Crippen molar-refractivity contribution < 1.29 is 0 Å². The van der Waals surface area contributed by atoms with E-state index in [4.69, 9.17) is 0 Å². The van der Waals surface area contributed by atoms with E-state index in [1.165, 1.54) is 148 Å². The summed E-state index contributed by atoms with van der Waals surface area (Å²) in [7, 11) is 0. The number of fused-ring (bicyclic) bond motifs is 2. The maximum atomic E-state index is 3.06. The van der Waals surface area contributed by atoms with Crippen LogP contribution in [0.3, 0.4) is 0 Å². The van der Waals surface area contributed by atoms with Gasteiger partial charge in [0.15, 0.2) is 0 Å². The van der Waals surface area contributed by atoms with Gasteiger partial charge in [-0.05, 0) is 38.6 Å². The predicted octanol–water partition coefficient (Wildman–Crippen LogP) is 9.14. The summed E-state index contributed by atoms with van der Waals surface area (Å²) < 4.78 is 0. The van der Waals surface area contributed by atoms with E-state index in [2.05, 4.69) is 23.6 Å². The monoisotopic (exact) mass is 435 g/mol. The molecule has 0 bridgehead atoms. The van der Waals surface area contributed by atoms with Crippen LogP contribution in [0.25, 0.3) is 0 Å². The van der Waals surface area contributed by atoms with Crippen molar-refractivity contribution in [3.63, 3.8) is 0 Å². The SMILES string of the molecule is CCCCCCCCCCCCCCCCN1C2CCCCC2SC2CCCCC21. The molecule has 3 rings (SSSR count). The summed E-state index contributed by atoms with van der Waals surface area (Å²) in [6, 6.07) is 1.87. The second kappa shape index (κ2) is 15.2. The van der Waals surface area contributed by atoms with E-state index in [1.807, 2.05) is 0 Å². The Morgan fingerprint density at radius 1 is 0.533 bits per heavy atom. The molecule has 0 spiro atoms. The highest BCUT2D eigenvalue weighted by Gasteiger charge is 2.44. The Morgan fingerprint density at radius 3 is 1.40 bits per heavy atom. The van der Waals surface area contributed by atoms with Gasteiger partial charge >= 0.3 is 0 Å². The van der Waals surface area contributed by atoms with E-state index in [0.29, 0.717) is 0 Å². The molecule has 1 heterocycles. The van der Waals surface area contributed by atoms with Gasteiger partial charge in [-0.25, -0.2) is 0 Å². The second-order valence-corrected chi connectivity index (χ2v) is 12.2. The van der Waals surface area contributed by atoms with E-state index in [-0.39, 0.29) is 0 Å². The smallest absolute Gasteiger partial charge is 0.0218 e. The Balaban J connectivity index is 1.21. The fourth-order valence-corrected chi connectivity index (χ4v) is 8.52. The zero-order chi connectivity index (χ0) is 20.9. The fourth-order valence-electron chi connectivity index (χ4n) is 6.52. The van der Waals surface area contributed by atoms with Crippen LogP contribution in [-0.2, 0) is 0 Å². The first kappa shape index (κ1) is 24.9. The summed E-state index contributed by atoms with van der Waals surface area (Å²) in [6.07, 6.45) is 32.6. The summed E-state index contributed by atoms with van der Waals surface area (Å²) in [6.45, 7) is 3.73. The van der Waals surface area contributed by atoms with E-state index in [0.717, 1.165) is 22.6 Å². The molecule has 2 heteroatoms. The molecule has 0 aromatic carbocycles. The average Bonchev–Trinajstić information content (AvgIpc) is 2.78. The van der Waals surface area contributed by atoms with Crippen LogP contribution in [0.2, 0.25) is 0 Å².